The molecule has 1 heterocycles. The molecule has 98 valence electrons. The Balaban J connectivity index is 2.31. The van der Waals surface area contributed by atoms with E-state index in [2.05, 4.69) is 15.5 Å². The molecule has 0 amide bonds. The lowest BCUT2D eigenvalue weighted by molar-refractivity contribution is 0.0692. The molecular weight excluding hydrogens is 270 g/mol. The molecule has 19 heavy (non-hydrogen) atoms. The van der Waals surface area contributed by atoms with Gasteiger partial charge in [0, 0.05) is 16.8 Å². The van der Waals surface area contributed by atoms with E-state index >= 15 is 0 Å². The van der Waals surface area contributed by atoms with Crippen LogP contribution in [0, 0.1) is 0 Å². The molecule has 0 bridgehead atoms. The van der Waals surface area contributed by atoms with Crippen molar-refractivity contribution in [3.05, 3.63) is 40.9 Å². The third-order valence-electron chi connectivity index (χ3n) is 2.28. The molecule has 0 saturated heterocycles. The summed E-state index contributed by atoms with van der Waals surface area (Å²) in [6.45, 7) is 0. The number of hydrogen-bond donors (Lipinski definition) is 2. The summed E-state index contributed by atoms with van der Waals surface area (Å²) in [5.41, 5.74) is 0.616. The number of aromatic carboxylic acids is 1. The van der Waals surface area contributed by atoms with Gasteiger partial charge in [0.2, 0.25) is 5.88 Å². The van der Waals surface area contributed by atoms with E-state index in [9.17, 15) is 4.79 Å². The summed E-state index contributed by atoms with van der Waals surface area (Å²) in [6.07, 6.45) is 0. The smallest absolute Gasteiger partial charge is 0.341 e. The van der Waals surface area contributed by atoms with Gasteiger partial charge >= 0.3 is 5.97 Å². The van der Waals surface area contributed by atoms with E-state index in [-0.39, 0.29) is 11.4 Å². The number of benzene rings is 1. The minimum Gasteiger partial charge on any atom is -0.479 e. The molecule has 1 aromatic carbocycles. The SMILES string of the molecule is COc1nnc(Nc2cccc(Cl)c2)cc1C(=O)O. The lowest BCUT2D eigenvalue weighted by Crippen LogP contribution is -2.06. The second kappa shape index (κ2) is 5.53. The van der Waals surface area contributed by atoms with Gasteiger partial charge in [0.25, 0.3) is 0 Å². The van der Waals surface area contributed by atoms with Crippen molar-refractivity contribution >= 4 is 29.1 Å². The number of nitrogens with zero attached hydrogens (tertiary/aromatic N) is 2. The number of carboxylic acid groups (broad SMARTS) is 1. The Labute approximate surface area is 114 Å². The molecule has 2 N–H and O–H groups in total. The molecule has 0 fully saturated rings. The maximum absolute atomic E-state index is 11.0. The third-order valence-corrected chi connectivity index (χ3v) is 2.52. The molecule has 2 rings (SSSR count). The molecule has 0 aliphatic rings. The highest BCUT2D eigenvalue weighted by Gasteiger charge is 2.14. The summed E-state index contributed by atoms with van der Waals surface area (Å²) in [7, 11) is 1.33. The number of methoxy groups -OCH3 is 1. The van der Waals surface area contributed by atoms with Crippen LogP contribution in [0.25, 0.3) is 0 Å². The molecule has 0 unspecified atom stereocenters. The van der Waals surface area contributed by atoms with Crippen LogP contribution in [0.1, 0.15) is 10.4 Å². The fourth-order valence-corrected chi connectivity index (χ4v) is 1.65. The first-order valence-electron chi connectivity index (χ1n) is 5.28. The monoisotopic (exact) mass is 279 g/mol. The van der Waals surface area contributed by atoms with Gasteiger partial charge in [-0.25, -0.2) is 4.79 Å². The van der Waals surface area contributed by atoms with Crippen LogP contribution in [0.2, 0.25) is 5.02 Å². The quantitative estimate of drug-likeness (QED) is 0.895. The Kier molecular flexibility index (Phi) is 3.82. The van der Waals surface area contributed by atoms with Crippen molar-refractivity contribution in [1.29, 1.82) is 0 Å². The second-order valence-electron chi connectivity index (χ2n) is 3.59. The van der Waals surface area contributed by atoms with Crippen molar-refractivity contribution in [3.8, 4) is 5.88 Å². The summed E-state index contributed by atoms with van der Waals surface area (Å²) < 4.78 is 4.83. The zero-order valence-electron chi connectivity index (χ0n) is 9.92. The third kappa shape index (κ3) is 3.11. The van der Waals surface area contributed by atoms with Gasteiger partial charge in [-0.3, -0.25) is 0 Å². The summed E-state index contributed by atoms with van der Waals surface area (Å²) in [6, 6.07) is 8.30. The lowest BCUT2D eigenvalue weighted by Gasteiger charge is -2.07. The molecule has 6 nitrogen and oxygen atoms in total. The molecule has 0 spiro atoms. The van der Waals surface area contributed by atoms with Crippen LogP contribution in [0.3, 0.4) is 0 Å². The normalized spacial score (nSPS) is 10.0. The topological polar surface area (TPSA) is 84.3 Å². The van der Waals surface area contributed by atoms with E-state index in [0.29, 0.717) is 16.5 Å². The summed E-state index contributed by atoms with van der Waals surface area (Å²) in [5.74, 6) is -0.884. The van der Waals surface area contributed by atoms with Crippen molar-refractivity contribution in [1.82, 2.24) is 10.2 Å². The number of anilines is 2. The molecule has 0 saturated carbocycles. The second-order valence-corrected chi connectivity index (χ2v) is 4.03. The van der Waals surface area contributed by atoms with E-state index in [1.807, 2.05) is 0 Å². The number of nitrogens with one attached hydrogen (secondary N) is 1. The average molecular weight is 280 g/mol. The first kappa shape index (κ1) is 13.1. The largest absolute Gasteiger partial charge is 0.479 e. The number of hydrogen-bond acceptors (Lipinski definition) is 5. The Hall–Kier alpha value is -2.34. The minimum atomic E-state index is -1.14. The Morgan fingerprint density at radius 1 is 1.37 bits per heavy atom. The van der Waals surface area contributed by atoms with Gasteiger partial charge in [-0.05, 0) is 18.2 Å². The zero-order valence-corrected chi connectivity index (χ0v) is 10.7. The van der Waals surface area contributed by atoms with Crippen LogP contribution in [-0.2, 0) is 0 Å². The Bertz CT molecular complexity index is 619. The predicted molar refractivity (Wildman–Crippen MR) is 70.3 cm³/mol. The van der Waals surface area contributed by atoms with E-state index in [0.717, 1.165) is 0 Å². The van der Waals surface area contributed by atoms with Crippen LogP contribution < -0.4 is 10.1 Å². The summed E-state index contributed by atoms with van der Waals surface area (Å²) in [5, 5.41) is 20.0. The maximum atomic E-state index is 11.0. The van der Waals surface area contributed by atoms with Crippen LogP contribution in [0.4, 0.5) is 11.5 Å². The number of ether oxygens (including phenoxy) is 1. The molecular formula is C12H10ClN3O3. The molecule has 0 radical (unpaired) electrons. The zero-order chi connectivity index (χ0) is 13.8. The average Bonchev–Trinajstić information content (AvgIpc) is 2.38. The van der Waals surface area contributed by atoms with Gasteiger partial charge in [0.1, 0.15) is 5.56 Å². The standard InChI is InChI=1S/C12H10ClN3O3/c1-19-11-9(12(17)18)6-10(15-16-11)14-8-4-2-3-7(13)5-8/h2-6H,1H3,(H,14,15)(H,17,18). The highest BCUT2D eigenvalue weighted by molar-refractivity contribution is 6.30. The minimum absolute atomic E-state index is 0.0378. The molecule has 0 atom stereocenters. The predicted octanol–water partition coefficient (Wildman–Crippen LogP) is 2.58. The summed E-state index contributed by atoms with van der Waals surface area (Å²) in [4.78, 5) is 11.0. The van der Waals surface area contributed by atoms with Gasteiger partial charge in [0.15, 0.2) is 5.82 Å². The van der Waals surface area contributed by atoms with E-state index in [1.54, 1.807) is 24.3 Å². The Morgan fingerprint density at radius 2 is 2.16 bits per heavy atom. The van der Waals surface area contributed by atoms with Gasteiger partial charge in [0.05, 0.1) is 7.11 Å². The van der Waals surface area contributed by atoms with Crippen molar-refractivity contribution in [2.24, 2.45) is 0 Å². The van der Waals surface area contributed by atoms with Gasteiger partial charge < -0.3 is 15.2 Å². The lowest BCUT2D eigenvalue weighted by atomic mass is 10.2. The van der Waals surface area contributed by atoms with Crippen LogP contribution >= 0.6 is 11.6 Å². The van der Waals surface area contributed by atoms with Crippen LogP contribution in [0.5, 0.6) is 5.88 Å². The van der Waals surface area contributed by atoms with Crippen molar-refractivity contribution in [2.45, 2.75) is 0 Å². The first-order chi connectivity index (χ1) is 9.10. The maximum Gasteiger partial charge on any atom is 0.341 e. The molecule has 1 aromatic heterocycles. The van der Waals surface area contributed by atoms with Crippen molar-refractivity contribution in [3.63, 3.8) is 0 Å². The number of carboxylic acids is 1. The fraction of sp³-hybridized carbons (Fsp3) is 0.0833. The number of rotatable bonds is 4. The number of halogens is 1. The molecule has 7 heteroatoms. The Morgan fingerprint density at radius 3 is 2.79 bits per heavy atom. The first-order valence-corrected chi connectivity index (χ1v) is 5.65. The molecule has 0 aliphatic carbocycles. The number of aromatic nitrogens is 2. The van der Waals surface area contributed by atoms with Crippen molar-refractivity contribution < 1.29 is 14.6 Å². The van der Waals surface area contributed by atoms with Gasteiger partial charge in [-0.1, -0.05) is 17.7 Å². The highest BCUT2D eigenvalue weighted by atomic mass is 35.5. The van der Waals surface area contributed by atoms with Gasteiger partial charge in [-0.2, -0.15) is 0 Å². The van der Waals surface area contributed by atoms with Crippen LogP contribution in [0.15, 0.2) is 30.3 Å². The van der Waals surface area contributed by atoms with Crippen molar-refractivity contribution in [2.75, 3.05) is 12.4 Å². The van der Waals surface area contributed by atoms with E-state index < -0.39 is 5.97 Å². The molecule has 0 aliphatic heterocycles. The van der Waals surface area contributed by atoms with E-state index in [1.165, 1.54) is 13.2 Å². The fourth-order valence-electron chi connectivity index (χ4n) is 1.46. The number of carbonyl (C=O) groups is 1. The van der Waals surface area contributed by atoms with Gasteiger partial charge in [-0.15, -0.1) is 10.2 Å². The highest BCUT2D eigenvalue weighted by Crippen LogP contribution is 2.21. The van der Waals surface area contributed by atoms with Crippen LogP contribution in [-0.4, -0.2) is 28.4 Å². The van der Waals surface area contributed by atoms with E-state index in [4.69, 9.17) is 21.4 Å². The summed E-state index contributed by atoms with van der Waals surface area (Å²) >= 11 is 5.85. The molecule has 2 aromatic rings.